The number of hydrogen-bond donors (Lipinski definition) is 3. The molecule has 4 heteroatoms. The lowest BCUT2D eigenvalue weighted by Crippen LogP contribution is -1.78. The smallest absolute Gasteiger partial charge is 0.300 e. The van der Waals surface area contributed by atoms with Crippen LogP contribution in [0.3, 0.4) is 0 Å². The molecule has 0 radical (unpaired) electrons. The number of hydrogen-bond acceptors (Lipinski definition) is 3. The fraction of sp³-hybridized carbons (Fsp3) is 0.250. The molecule has 0 heterocycles. The van der Waals surface area contributed by atoms with Crippen LogP contribution in [0, 0.1) is 0 Å². The minimum absolute atomic E-state index is 0. The molecule has 0 aromatic carbocycles. The van der Waals surface area contributed by atoms with Crippen molar-refractivity contribution in [1.82, 2.24) is 12.3 Å². The average Bonchev–Trinajstić information content (AvgIpc) is 1.41. The lowest BCUT2D eigenvalue weighted by molar-refractivity contribution is -0.134. The zero-order valence-corrected chi connectivity index (χ0v) is 5.18. The molecule has 0 rings (SSSR count). The summed E-state index contributed by atoms with van der Waals surface area (Å²) in [6, 6.07) is 0. The second-order valence-corrected chi connectivity index (χ2v) is 0.519. The largest absolute Gasteiger partial charge is 0.481 e. The van der Waals surface area contributed by atoms with Gasteiger partial charge in [0.1, 0.15) is 0 Å². The Bertz CT molecular complexity index is 43.3. The maximum absolute atomic E-state index is 9.00. The molecule has 7 N–H and O–H groups in total. The van der Waals surface area contributed by atoms with Gasteiger partial charge in [-0.3, -0.25) is 4.79 Å². The van der Waals surface area contributed by atoms with Crippen LogP contribution in [-0.2, 0) is 4.79 Å². The van der Waals surface area contributed by atoms with Gasteiger partial charge in [0.15, 0.2) is 0 Å². The van der Waals surface area contributed by atoms with Gasteiger partial charge in [-0.15, -0.1) is 13.2 Å². The number of rotatable bonds is 0. The van der Waals surface area contributed by atoms with Crippen molar-refractivity contribution in [3.63, 3.8) is 0 Å². The standard InChI is InChI=1S/C2H4O2.C2H4.2H3N/c1-2(3)4;1-2;;/h1H3,(H,3,4);1-2H2;2*1H3. The van der Waals surface area contributed by atoms with E-state index in [1.54, 1.807) is 0 Å². The predicted molar refractivity (Wildman–Crippen MR) is 34.6 cm³/mol. The molecule has 0 aliphatic heterocycles. The van der Waals surface area contributed by atoms with E-state index < -0.39 is 5.97 Å². The van der Waals surface area contributed by atoms with E-state index in [1.165, 1.54) is 0 Å². The zero-order valence-electron chi connectivity index (χ0n) is 5.18. The second-order valence-electron chi connectivity index (χ2n) is 0.519. The monoisotopic (exact) mass is 122 g/mol. The van der Waals surface area contributed by atoms with Crippen LogP contribution in [0.5, 0.6) is 0 Å². The summed E-state index contributed by atoms with van der Waals surface area (Å²) in [5.41, 5.74) is 0. The third-order valence-electron chi connectivity index (χ3n) is 0. The number of carbonyl (C=O) groups is 1. The third kappa shape index (κ3) is 116. The molecular weight excluding hydrogens is 108 g/mol. The van der Waals surface area contributed by atoms with Crippen LogP contribution in [0.15, 0.2) is 13.2 Å². The van der Waals surface area contributed by atoms with Crippen LogP contribution in [0.2, 0.25) is 0 Å². The SMILES string of the molecule is C=C.CC(=O)O.N.N. The normalized spacial score (nSPS) is 3.62. The zero-order chi connectivity index (χ0) is 5.58. The first kappa shape index (κ1) is 27.3. The summed E-state index contributed by atoms with van der Waals surface area (Å²) in [6.45, 7) is 7.08. The van der Waals surface area contributed by atoms with Gasteiger partial charge < -0.3 is 17.4 Å². The van der Waals surface area contributed by atoms with E-state index in [0.29, 0.717) is 0 Å². The van der Waals surface area contributed by atoms with Crippen molar-refractivity contribution < 1.29 is 9.90 Å². The molecule has 0 aliphatic carbocycles. The molecule has 0 aliphatic rings. The molecule has 0 bridgehead atoms. The van der Waals surface area contributed by atoms with Crippen LogP contribution >= 0.6 is 0 Å². The van der Waals surface area contributed by atoms with E-state index in [9.17, 15) is 0 Å². The van der Waals surface area contributed by atoms with E-state index in [-0.39, 0.29) is 12.3 Å². The minimum Gasteiger partial charge on any atom is -0.481 e. The summed E-state index contributed by atoms with van der Waals surface area (Å²) in [7, 11) is 0. The van der Waals surface area contributed by atoms with Crippen LogP contribution in [0.4, 0.5) is 0 Å². The Hall–Kier alpha value is -0.870. The Labute approximate surface area is 49.4 Å². The van der Waals surface area contributed by atoms with Crippen LogP contribution in [0.1, 0.15) is 6.92 Å². The first-order valence-electron chi connectivity index (χ1n) is 1.43. The molecule has 0 aromatic heterocycles. The van der Waals surface area contributed by atoms with Crippen molar-refractivity contribution in [2.24, 2.45) is 0 Å². The lowest BCUT2D eigenvalue weighted by atomic mass is 10.9. The Balaban J connectivity index is -0.0000000183. The Kier molecular flexibility index (Phi) is 122. The van der Waals surface area contributed by atoms with Gasteiger partial charge in [0.2, 0.25) is 0 Å². The maximum atomic E-state index is 9.00. The molecule has 0 unspecified atom stereocenters. The minimum atomic E-state index is -0.833. The number of aliphatic carboxylic acids is 1. The molecule has 8 heavy (non-hydrogen) atoms. The molecular formula is C4H14N2O2. The quantitative estimate of drug-likeness (QED) is 0.420. The summed E-state index contributed by atoms with van der Waals surface area (Å²) < 4.78 is 0. The summed E-state index contributed by atoms with van der Waals surface area (Å²) in [5, 5.41) is 7.42. The van der Waals surface area contributed by atoms with Gasteiger partial charge in [0, 0.05) is 6.92 Å². The lowest BCUT2D eigenvalue weighted by Gasteiger charge is -1.59. The van der Waals surface area contributed by atoms with Crippen molar-refractivity contribution >= 4 is 5.97 Å². The number of carboxylic acids is 1. The van der Waals surface area contributed by atoms with E-state index in [4.69, 9.17) is 9.90 Å². The van der Waals surface area contributed by atoms with E-state index in [2.05, 4.69) is 13.2 Å². The predicted octanol–water partition coefficient (Wildman–Crippen LogP) is 1.22. The molecule has 52 valence electrons. The van der Waals surface area contributed by atoms with Crippen LogP contribution < -0.4 is 12.3 Å². The summed E-state index contributed by atoms with van der Waals surface area (Å²) in [4.78, 5) is 9.00. The summed E-state index contributed by atoms with van der Waals surface area (Å²) in [6.07, 6.45) is 0. The highest BCUT2D eigenvalue weighted by atomic mass is 16.4. The Morgan fingerprint density at radius 3 is 1.38 bits per heavy atom. The van der Waals surface area contributed by atoms with E-state index >= 15 is 0 Å². The first-order chi connectivity index (χ1) is 2.73. The van der Waals surface area contributed by atoms with Gasteiger partial charge >= 0.3 is 0 Å². The molecule has 0 fully saturated rings. The maximum Gasteiger partial charge on any atom is 0.300 e. The summed E-state index contributed by atoms with van der Waals surface area (Å²) >= 11 is 0. The molecule has 0 amide bonds. The van der Waals surface area contributed by atoms with Gasteiger partial charge in [0.25, 0.3) is 5.97 Å². The highest BCUT2D eigenvalue weighted by Gasteiger charge is 1.65. The molecule has 0 saturated heterocycles. The van der Waals surface area contributed by atoms with Crippen molar-refractivity contribution in [3.8, 4) is 0 Å². The average molecular weight is 122 g/mol. The molecule has 0 spiro atoms. The van der Waals surface area contributed by atoms with Crippen LogP contribution in [-0.4, -0.2) is 11.1 Å². The third-order valence-corrected chi connectivity index (χ3v) is 0. The molecule has 0 saturated carbocycles. The fourth-order valence-electron chi connectivity index (χ4n) is 0. The second kappa shape index (κ2) is 35.6. The fourth-order valence-corrected chi connectivity index (χ4v) is 0. The Morgan fingerprint density at radius 2 is 1.38 bits per heavy atom. The van der Waals surface area contributed by atoms with Gasteiger partial charge in [-0.2, -0.15) is 0 Å². The number of carboxylic acid groups (broad SMARTS) is 1. The van der Waals surface area contributed by atoms with Crippen LogP contribution in [0.25, 0.3) is 0 Å². The first-order valence-corrected chi connectivity index (χ1v) is 1.43. The van der Waals surface area contributed by atoms with Crippen molar-refractivity contribution in [3.05, 3.63) is 13.2 Å². The summed E-state index contributed by atoms with van der Waals surface area (Å²) in [5.74, 6) is -0.833. The Morgan fingerprint density at radius 1 is 1.38 bits per heavy atom. The topological polar surface area (TPSA) is 107 Å². The molecule has 0 aromatic rings. The van der Waals surface area contributed by atoms with Gasteiger partial charge in [-0.1, -0.05) is 0 Å². The highest BCUT2D eigenvalue weighted by molar-refractivity contribution is 5.62. The van der Waals surface area contributed by atoms with Crippen molar-refractivity contribution in [2.45, 2.75) is 6.92 Å². The van der Waals surface area contributed by atoms with Crippen molar-refractivity contribution in [2.75, 3.05) is 0 Å². The molecule has 0 atom stereocenters. The van der Waals surface area contributed by atoms with E-state index in [1.807, 2.05) is 0 Å². The molecule has 4 nitrogen and oxygen atoms in total. The van der Waals surface area contributed by atoms with Gasteiger partial charge in [-0.05, 0) is 0 Å². The van der Waals surface area contributed by atoms with Crippen molar-refractivity contribution in [1.29, 1.82) is 0 Å². The van der Waals surface area contributed by atoms with Gasteiger partial charge in [0.05, 0.1) is 0 Å². The van der Waals surface area contributed by atoms with E-state index in [0.717, 1.165) is 6.92 Å². The highest BCUT2D eigenvalue weighted by Crippen LogP contribution is 1.42. The van der Waals surface area contributed by atoms with Gasteiger partial charge in [-0.25, -0.2) is 0 Å².